The molecule has 0 aliphatic carbocycles. The number of para-hydroxylation sites is 1. The predicted octanol–water partition coefficient (Wildman–Crippen LogP) is 2.14. The van der Waals surface area contributed by atoms with Gasteiger partial charge in [-0.3, -0.25) is 14.4 Å². The van der Waals surface area contributed by atoms with Crippen LogP contribution >= 0.6 is 0 Å². The molecule has 1 atom stereocenters. The Morgan fingerprint density at radius 3 is 3.04 bits per heavy atom. The van der Waals surface area contributed by atoms with Crippen molar-refractivity contribution in [2.45, 2.75) is 38.8 Å². The molecular formula is C19H23N5O. The van der Waals surface area contributed by atoms with Gasteiger partial charge in [0.05, 0.1) is 23.6 Å². The highest BCUT2D eigenvalue weighted by atomic mass is 16.1. The Bertz CT molecular complexity index is 929. The first kappa shape index (κ1) is 16.0. The quantitative estimate of drug-likeness (QED) is 0.774. The van der Waals surface area contributed by atoms with Gasteiger partial charge in [-0.1, -0.05) is 12.1 Å². The van der Waals surface area contributed by atoms with Crippen molar-refractivity contribution in [2.24, 2.45) is 0 Å². The highest BCUT2D eigenvalue weighted by molar-refractivity contribution is 5.77. The molecule has 4 rings (SSSR count). The first-order valence-electron chi connectivity index (χ1n) is 8.90. The molecule has 2 aromatic heterocycles. The van der Waals surface area contributed by atoms with Crippen LogP contribution in [0.3, 0.4) is 0 Å². The summed E-state index contributed by atoms with van der Waals surface area (Å²) in [4.78, 5) is 22.2. The molecule has 1 N–H and O–H groups in total. The average molecular weight is 337 g/mol. The third kappa shape index (κ3) is 3.49. The van der Waals surface area contributed by atoms with E-state index >= 15 is 0 Å². The summed E-state index contributed by atoms with van der Waals surface area (Å²) in [5.74, 6) is 0.768. The minimum absolute atomic E-state index is 0.0504. The standard InChI is InChI=1S/C19H23N5O/c1-14-11-20-24(12-14)13-15-5-4-9-23(15)10-8-18-21-17-7-3-2-6-16(17)19(25)22-18/h2-3,6-7,11-12,15H,4-5,8-10,13H2,1H3,(H,21,22,25)/t15-/m1/s1. The normalized spacial score (nSPS) is 18.2. The Hall–Kier alpha value is -2.47. The molecule has 1 aliphatic heterocycles. The Morgan fingerprint density at radius 2 is 2.20 bits per heavy atom. The summed E-state index contributed by atoms with van der Waals surface area (Å²) < 4.78 is 2.04. The number of H-pyrrole nitrogens is 1. The summed E-state index contributed by atoms with van der Waals surface area (Å²) in [6.07, 6.45) is 7.17. The van der Waals surface area contributed by atoms with Crippen molar-refractivity contribution in [3.63, 3.8) is 0 Å². The summed E-state index contributed by atoms with van der Waals surface area (Å²) >= 11 is 0. The minimum atomic E-state index is -0.0504. The number of aromatic nitrogens is 4. The van der Waals surface area contributed by atoms with E-state index in [-0.39, 0.29) is 5.56 Å². The van der Waals surface area contributed by atoms with E-state index < -0.39 is 0 Å². The van der Waals surface area contributed by atoms with Crippen LogP contribution in [0, 0.1) is 6.92 Å². The van der Waals surface area contributed by atoms with E-state index in [0.29, 0.717) is 11.4 Å². The zero-order valence-electron chi connectivity index (χ0n) is 14.5. The van der Waals surface area contributed by atoms with Crippen LogP contribution < -0.4 is 5.56 Å². The van der Waals surface area contributed by atoms with Crippen molar-refractivity contribution >= 4 is 10.9 Å². The lowest BCUT2D eigenvalue weighted by molar-refractivity contribution is 0.228. The fourth-order valence-corrected chi connectivity index (χ4v) is 3.68. The van der Waals surface area contributed by atoms with Crippen LogP contribution in [0.2, 0.25) is 0 Å². The van der Waals surface area contributed by atoms with E-state index in [9.17, 15) is 4.79 Å². The first-order valence-corrected chi connectivity index (χ1v) is 8.90. The maximum atomic E-state index is 12.2. The van der Waals surface area contributed by atoms with Crippen molar-refractivity contribution < 1.29 is 0 Å². The lowest BCUT2D eigenvalue weighted by atomic mass is 10.2. The van der Waals surface area contributed by atoms with Gasteiger partial charge in [0.1, 0.15) is 5.82 Å². The largest absolute Gasteiger partial charge is 0.310 e. The van der Waals surface area contributed by atoms with Gasteiger partial charge in [0.2, 0.25) is 0 Å². The van der Waals surface area contributed by atoms with E-state index in [1.807, 2.05) is 35.1 Å². The average Bonchev–Trinajstić information content (AvgIpc) is 3.22. The molecule has 3 heterocycles. The fourth-order valence-electron chi connectivity index (χ4n) is 3.68. The van der Waals surface area contributed by atoms with E-state index in [2.05, 4.69) is 33.1 Å². The van der Waals surface area contributed by atoms with Crippen molar-refractivity contribution in [1.82, 2.24) is 24.6 Å². The SMILES string of the molecule is Cc1cnn(C[C@H]2CCCN2CCc2nc3ccccc3c(=O)[nH]2)c1. The predicted molar refractivity (Wildman–Crippen MR) is 97.6 cm³/mol. The molecule has 3 aromatic rings. The van der Waals surface area contributed by atoms with Crippen LogP contribution in [0.25, 0.3) is 10.9 Å². The Balaban J connectivity index is 1.44. The number of benzene rings is 1. The van der Waals surface area contributed by atoms with Crippen molar-refractivity contribution in [3.8, 4) is 0 Å². The lowest BCUT2D eigenvalue weighted by Gasteiger charge is -2.24. The van der Waals surface area contributed by atoms with Crippen LogP contribution in [0.5, 0.6) is 0 Å². The van der Waals surface area contributed by atoms with E-state index in [1.54, 1.807) is 0 Å². The van der Waals surface area contributed by atoms with Gasteiger partial charge in [0, 0.05) is 25.2 Å². The molecule has 0 radical (unpaired) electrons. The number of hydrogen-bond acceptors (Lipinski definition) is 4. The Labute approximate surface area is 146 Å². The van der Waals surface area contributed by atoms with E-state index in [1.165, 1.54) is 18.4 Å². The number of aryl methyl sites for hydroxylation is 1. The smallest absolute Gasteiger partial charge is 0.258 e. The van der Waals surface area contributed by atoms with Gasteiger partial charge in [-0.15, -0.1) is 0 Å². The molecule has 0 spiro atoms. The summed E-state index contributed by atoms with van der Waals surface area (Å²) in [5, 5.41) is 5.06. The molecule has 1 fully saturated rings. The van der Waals surface area contributed by atoms with Gasteiger partial charge in [-0.25, -0.2) is 4.98 Å². The summed E-state index contributed by atoms with van der Waals surface area (Å²) in [5.41, 5.74) is 1.92. The molecular weight excluding hydrogens is 314 g/mol. The van der Waals surface area contributed by atoms with Crippen LogP contribution in [0.15, 0.2) is 41.5 Å². The van der Waals surface area contributed by atoms with Gasteiger partial charge in [0.15, 0.2) is 0 Å². The fraction of sp³-hybridized carbons (Fsp3) is 0.421. The van der Waals surface area contributed by atoms with Gasteiger partial charge in [0.25, 0.3) is 5.56 Å². The second-order valence-corrected chi connectivity index (χ2v) is 6.85. The van der Waals surface area contributed by atoms with Gasteiger partial charge in [-0.05, 0) is 44.0 Å². The zero-order chi connectivity index (χ0) is 17.2. The number of hydrogen-bond donors (Lipinski definition) is 1. The number of nitrogens with zero attached hydrogens (tertiary/aromatic N) is 4. The molecule has 0 saturated carbocycles. The molecule has 1 saturated heterocycles. The zero-order valence-corrected chi connectivity index (χ0v) is 14.5. The van der Waals surface area contributed by atoms with Gasteiger partial charge in [-0.2, -0.15) is 5.10 Å². The number of nitrogens with one attached hydrogen (secondary N) is 1. The van der Waals surface area contributed by atoms with E-state index in [0.717, 1.165) is 37.4 Å². The van der Waals surface area contributed by atoms with Crippen LogP contribution in [0.4, 0.5) is 0 Å². The highest BCUT2D eigenvalue weighted by Gasteiger charge is 2.24. The molecule has 6 nitrogen and oxygen atoms in total. The maximum absolute atomic E-state index is 12.2. The van der Waals surface area contributed by atoms with Gasteiger partial charge >= 0.3 is 0 Å². The minimum Gasteiger partial charge on any atom is -0.310 e. The van der Waals surface area contributed by atoms with Crippen molar-refractivity contribution in [1.29, 1.82) is 0 Å². The van der Waals surface area contributed by atoms with Crippen LogP contribution in [-0.2, 0) is 13.0 Å². The molecule has 25 heavy (non-hydrogen) atoms. The van der Waals surface area contributed by atoms with Crippen molar-refractivity contribution in [2.75, 3.05) is 13.1 Å². The summed E-state index contributed by atoms with van der Waals surface area (Å²) in [7, 11) is 0. The molecule has 1 aliphatic rings. The molecule has 1 aromatic carbocycles. The molecule has 0 bridgehead atoms. The summed E-state index contributed by atoms with van der Waals surface area (Å²) in [6.45, 7) is 5.00. The topological polar surface area (TPSA) is 66.8 Å². The monoisotopic (exact) mass is 337 g/mol. The number of likely N-dealkylation sites (tertiary alicyclic amines) is 1. The van der Waals surface area contributed by atoms with Gasteiger partial charge < -0.3 is 4.98 Å². The number of rotatable bonds is 5. The maximum Gasteiger partial charge on any atom is 0.258 e. The lowest BCUT2D eigenvalue weighted by Crippen LogP contribution is -2.35. The second-order valence-electron chi connectivity index (χ2n) is 6.85. The summed E-state index contributed by atoms with van der Waals surface area (Å²) in [6, 6.07) is 8.00. The van der Waals surface area contributed by atoms with Crippen LogP contribution in [-0.4, -0.2) is 43.8 Å². The molecule has 0 amide bonds. The molecule has 0 unspecified atom stereocenters. The third-order valence-electron chi connectivity index (χ3n) is 4.96. The first-order chi connectivity index (χ1) is 12.2. The second kappa shape index (κ2) is 6.80. The van der Waals surface area contributed by atoms with Crippen LogP contribution in [0.1, 0.15) is 24.2 Å². The highest BCUT2D eigenvalue weighted by Crippen LogP contribution is 2.19. The number of aromatic amines is 1. The van der Waals surface area contributed by atoms with E-state index in [4.69, 9.17) is 0 Å². The van der Waals surface area contributed by atoms with Crippen molar-refractivity contribution in [3.05, 3.63) is 58.4 Å². The molecule has 6 heteroatoms. The molecule has 130 valence electrons. The Morgan fingerprint density at radius 1 is 1.32 bits per heavy atom. The Kier molecular flexibility index (Phi) is 4.36. The number of fused-ring (bicyclic) bond motifs is 1. The third-order valence-corrected chi connectivity index (χ3v) is 4.96.